The molecule has 0 aliphatic carbocycles. The molecule has 106 valence electrons. The number of hydrogen-bond acceptors (Lipinski definition) is 5. The van der Waals surface area contributed by atoms with Gasteiger partial charge in [-0.1, -0.05) is 6.58 Å². The van der Waals surface area contributed by atoms with Crippen LogP contribution in [-0.4, -0.2) is 41.4 Å². The average Bonchev–Trinajstić information content (AvgIpc) is 2.22. The van der Waals surface area contributed by atoms with Gasteiger partial charge in [-0.3, -0.25) is 9.35 Å². The summed E-state index contributed by atoms with van der Waals surface area (Å²) < 4.78 is 35.7. The van der Waals surface area contributed by atoms with Crippen LogP contribution in [0.4, 0.5) is 0 Å². The first-order chi connectivity index (χ1) is 8.09. The summed E-state index contributed by atoms with van der Waals surface area (Å²) in [5.74, 6) is -3.10. The summed E-state index contributed by atoms with van der Waals surface area (Å²) in [6.45, 7) is 5.68. The topological polar surface area (TPSA) is 118 Å². The first-order valence-electron chi connectivity index (χ1n) is 5.10. The number of aliphatic carboxylic acids is 1. The van der Waals surface area contributed by atoms with Crippen LogP contribution in [0.1, 0.15) is 21.7 Å². The van der Waals surface area contributed by atoms with Gasteiger partial charge in [-0.05, 0) is 13.8 Å². The molecule has 0 spiro atoms. The normalized spacial score (nSPS) is 15.5. The second-order valence-electron chi connectivity index (χ2n) is 3.83. The zero-order valence-corrected chi connectivity index (χ0v) is 13.9. The maximum atomic E-state index is 11.0. The van der Waals surface area contributed by atoms with Crippen LogP contribution in [0.2, 0.25) is 0 Å². The molecule has 0 aliphatic rings. The van der Waals surface area contributed by atoms with E-state index in [0.717, 1.165) is 13.0 Å². The van der Waals surface area contributed by atoms with E-state index in [1.54, 1.807) is 0 Å². The molecule has 0 radical (unpaired) electrons. The number of hydrogen-bond donors (Lipinski definition) is 2. The number of rotatable bonds is 7. The summed E-state index contributed by atoms with van der Waals surface area (Å²) in [7, 11) is -4.42. The summed E-state index contributed by atoms with van der Waals surface area (Å²) in [4.78, 5) is 21.6. The third kappa shape index (κ3) is 7.68. The molecule has 0 aromatic rings. The minimum absolute atomic E-state index is 0. The molecule has 19 heavy (non-hydrogen) atoms. The Bertz CT molecular complexity index is 437. The first-order valence-corrected chi connectivity index (χ1v) is 6.61. The molecule has 0 aliphatic heterocycles. The van der Waals surface area contributed by atoms with Gasteiger partial charge in [0.15, 0.2) is 0 Å². The number of carboxylic acids is 1. The maximum absolute atomic E-state index is 11.0. The van der Waals surface area contributed by atoms with Crippen LogP contribution in [0.15, 0.2) is 12.7 Å². The molecule has 0 bridgehead atoms. The molecule has 0 aromatic carbocycles. The van der Waals surface area contributed by atoms with Gasteiger partial charge in [0.1, 0.15) is 6.10 Å². The van der Waals surface area contributed by atoms with Gasteiger partial charge in [0, 0.05) is 12.0 Å². The van der Waals surface area contributed by atoms with Crippen molar-refractivity contribution in [3.05, 3.63) is 12.7 Å². The SMILES string of the molecule is C=CC(=O)OC(C)C(CC(=O)O)C(C)S(=O)(=O)O.[H-].[Na+]. The van der Waals surface area contributed by atoms with Crippen molar-refractivity contribution in [3.8, 4) is 0 Å². The van der Waals surface area contributed by atoms with Gasteiger partial charge in [-0.2, -0.15) is 8.42 Å². The van der Waals surface area contributed by atoms with Crippen molar-refractivity contribution < 1.29 is 63.4 Å². The first kappa shape index (κ1) is 20.9. The largest absolute Gasteiger partial charge is 1.00 e. The van der Waals surface area contributed by atoms with Crippen molar-refractivity contribution in [2.24, 2.45) is 5.92 Å². The molecule has 0 rings (SSSR count). The number of esters is 1. The van der Waals surface area contributed by atoms with Crippen molar-refractivity contribution in [1.82, 2.24) is 0 Å². The van der Waals surface area contributed by atoms with Crippen LogP contribution in [0.5, 0.6) is 0 Å². The molecule has 0 fully saturated rings. The molecular formula is C10H17NaO7S. The van der Waals surface area contributed by atoms with E-state index in [1.807, 2.05) is 0 Å². The van der Waals surface area contributed by atoms with E-state index in [0.29, 0.717) is 0 Å². The standard InChI is InChI=1S/C10H16O7S.Na.H/c1-4-10(13)17-6(2)8(5-9(11)12)7(3)18(14,15)16;;/h4,6-8H,1,5H2,2-3H3,(H,11,12)(H,14,15,16);;/q;+1;-1. The van der Waals surface area contributed by atoms with Gasteiger partial charge in [0.05, 0.1) is 11.7 Å². The molecule has 3 unspecified atom stereocenters. The van der Waals surface area contributed by atoms with E-state index in [-0.39, 0.29) is 31.0 Å². The Hall–Kier alpha value is -0.410. The Morgan fingerprint density at radius 3 is 2.21 bits per heavy atom. The minimum atomic E-state index is -4.42. The molecule has 0 aromatic heterocycles. The van der Waals surface area contributed by atoms with Crippen molar-refractivity contribution in [2.45, 2.75) is 31.6 Å². The van der Waals surface area contributed by atoms with Gasteiger partial charge in [0.2, 0.25) is 0 Å². The summed E-state index contributed by atoms with van der Waals surface area (Å²) in [6.07, 6.45) is -0.651. The summed E-state index contributed by atoms with van der Waals surface area (Å²) >= 11 is 0. The quantitative estimate of drug-likeness (QED) is 0.233. The van der Waals surface area contributed by atoms with Gasteiger partial charge in [-0.15, -0.1) is 0 Å². The maximum Gasteiger partial charge on any atom is 1.00 e. The summed E-state index contributed by atoms with van der Waals surface area (Å²) in [5.41, 5.74) is 0. The number of carboxylic acid groups (broad SMARTS) is 1. The van der Waals surface area contributed by atoms with E-state index in [4.69, 9.17) is 14.4 Å². The molecule has 9 heteroatoms. The van der Waals surface area contributed by atoms with Gasteiger partial charge >= 0.3 is 41.5 Å². The zero-order valence-electron chi connectivity index (χ0n) is 12.1. The fourth-order valence-electron chi connectivity index (χ4n) is 1.45. The van der Waals surface area contributed by atoms with E-state index < -0.39 is 45.7 Å². The van der Waals surface area contributed by atoms with Crippen LogP contribution in [0.3, 0.4) is 0 Å². The molecule has 0 saturated heterocycles. The van der Waals surface area contributed by atoms with Crippen LogP contribution in [0, 0.1) is 5.92 Å². The van der Waals surface area contributed by atoms with Gasteiger partial charge in [-0.25, -0.2) is 4.79 Å². The van der Waals surface area contributed by atoms with Crippen LogP contribution < -0.4 is 29.6 Å². The smallest absolute Gasteiger partial charge is 1.00 e. The molecule has 0 heterocycles. The number of ether oxygens (including phenoxy) is 1. The summed E-state index contributed by atoms with van der Waals surface area (Å²) in [5, 5.41) is 7.34. The van der Waals surface area contributed by atoms with Crippen LogP contribution >= 0.6 is 0 Å². The Morgan fingerprint density at radius 2 is 1.89 bits per heavy atom. The van der Waals surface area contributed by atoms with Crippen molar-refractivity contribution in [3.63, 3.8) is 0 Å². The zero-order chi connectivity index (χ0) is 14.5. The van der Waals surface area contributed by atoms with Crippen molar-refractivity contribution in [2.75, 3.05) is 0 Å². The second-order valence-corrected chi connectivity index (χ2v) is 5.60. The number of carbonyl (C=O) groups is 2. The Labute approximate surface area is 135 Å². The van der Waals surface area contributed by atoms with Crippen molar-refractivity contribution in [1.29, 1.82) is 0 Å². The van der Waals surface area contributed by atoms with E-state index in [2.05, 4.69) is 6.58 Å². The Morgan fingerprint density at radius 1 is 1.42 bits per heavy atom. The Balaban J connectivity index is -0.00000144. The molecule has 0 saturated carbocycles. The molecule has 7 nitrogen and oxygen atoms in total. The molecule has 3 atom stereocenters. The predicted octanol–water partition coefficient (Wildman–Crippen LogP) is -2.41. The minimum Gasteiger partial charge on any atom is -1.00 e. The second kappa shape index (κ2) is 8.70. The van der Waals surface area contributed by atoms with Crippen LogP contribution in [0.25, 0.3) is 0 Å². The summed E-state index contributed by atoms with van der Waals surface area (Å²) in [6, 6.07) is 0. The van der Waals surface area contributed by atoms with Gasteiger partial charge in [0.25, 0.3) is 10.1 Å². The molecule has 0 amide bonds. The predicted molar refractivity (Wildman–Crippen MR) is 63.6 cm³/mol. The van der Waals surface area contributed by atoms with E-state index in [1.165, 1.54) is 6.92 Å². The van der Waals surface area contributed by atoms with Gasteiger partial charge < -0.3 is 11.3 Å². The fourth-order valence-corrected chi connectivity index (χ4v) is 2.21. The monoisotopic (exact) mass is 304 g/mol. The average molecular weight is 304 g/mol. The van der Waals surface area contributed by atoms with E-state index in [9.17, 15) is 18.0 Å². The third-order valence-corrected chi connectivity index (χ3v) is 3.84. The molecular weight excluding hydrogens is 287 g/mol. The molecule has 2 N–H and O–H groups in total. The van der Waals surface area contributed by atoms with Crippen molar-refractivity contribution >= 4 is 22.1 Å². The third-order valence-electron chi connectivity index (χ3n) is 2.55. The van der Waals surface area contributed by atoms with Crippen LogP contribution in [-0.2, 0) is 24.4 Å². The van der Waals surface area contributed by atoms with E-state index >= 15 is 0 Å². The Kier molecular flexibility index (Phi) is 9.57. The fraction of sp³-hybridized carbons (Fsp3) is 0.600. The number of carbonyl (C=O) groups excluding carboxylic acids is 1.